The average Bonchev–Trinajstić information content (AvgIpc) is 2.57. The molecule has 0 bridgehead atoms. The first kappa shape index (κ1) is 16.8. The predicted octanol–water partition coefficient (Wildman–Crippen LogP) is 1.87. The van der Waals surface area contributed by atoms with Crippen LogP contribution in [0, 0.1) is 0 Å². The molecule has 1 heterocycles. The van der Waals surface area contributed by atoms with E-state index in [1.165, 1.54) is 0 Å². The third-order valence-corrected chi connectivity index (χ3v) is 4.16. The summed E-state index contributed by atoms with van der Waals surface area (Å²) in [5.41, 5.74) is 5.72. The Kier molecular flexibility index (Phi) is 4.28. The van der Waals surface area contributed by atoms with Crippen LogP contribution in [0.2, 0.25) is 0 Å². The third kappa shape index (κ3) is 3.13. The minimum absolute atomic E-state index is 0.0633. The van der Waals surface area contributed by atoms with E-state index in [-0.39, 0.29) is 6.10 Å². The van der Waals surface area contributed by atoms with Crippen molar-refractivity contribution < 1.29 is 18.8 Å². The number of rotatable bonds is 4. The van der Waals surface area contributed by atoms with Gasteiger partial charge in [0.2, 0.25) is 0 Å². The SMILES string of the molecule is CC(C)Oc1cc(B2OC(C)(C)C(C)(C)O2)ccc1C(N)=O. The van der Waals surface area contributed by atoms with Gasteiger partial charge in [0, 0.05) is 0 Å². The standard InChI is InChI=1S/C16H24BNO4/c1-10(2)20-13-9-11(7-8-12(13)14(18)19)17-21-15(3,4)16(5,6)22-17/h7-10H,1-6H3,(H2,18,19). The van der Waals surface area contributed by atoms with E-state index in [4.69, 9.17) is 19.8 Å². The van der Waals surface area contributed by atoms with Crippen LogP contribution in [0.25, 0.3) is 0 Å². The van der Waals surface area contributed by atoms with E-state index in [0.29, 0.717) is 11.3 Å². The third-order valence-electron chi connectivity index (χ3n) is 4.16. The Labute approximate surface area is 132 Å². The molecule has 0 radical (unpaired) electrons. The monoisotopic (exact) mass is 305 g/mol. The minimum atomic E-state index is -0.517. The van der Waals surface area contributed by atoms with Crippen molar-refractivity contribution in [2.75, 3.05) is 0 Å². The molecule has 1 aromatic rings. The highest BCUT2D eigenvalue weighted by Gasteiger charge is 2.51. The second-order valence-corrected chi connectivity index (χ2v) is 6.87. The Morgan fingerprint density at radius 3 is 2.18 bits per heavy atom. The van der Waals surface area contributed by atoms with Crippen molar-refractivity contribution in [3.8, 4) is 5.75 Å². The van der Waals surface area contributed by atoms with Gasteiger partial charge in [0.15, 0.2) is 0 Å². The lowest BCUT2D eigenvalue weighted by molar-refractivity contribution is 0.00578. The second kappa shape index (κ2) is 5.59. The number of hydrogen-bond acceptors (Lipinski definition) is 4. The fraction of sp³-hybridized carbons (Fsp3) is 0.562. The van der Waals surface area contributed by atoms with Gasteiger partial charge in [0.25, 0.3) is 5.91 Å². The Bertz CT molecular complexity index is 568. The summed E-state index contributed by atoms with van der Waals surface area (Å²) in [6.07, 6.45) is -0.0633. The Hall–Kier alpha value is -1.53. The zero-order valence-corrected chi connectivity index (χ0v) is 14.1. The number of carbonyl (C=O) groups excluding carboxylic acids is 1. The number of benzene rings is 1. The maximum atomic E-state index is 11.5. The van der Waals surface area contributed by atoms with E-state index in [1.54, 1.807) is 18.2 Å². The zero-order chi connectivity index (χ0) is 16.7. The molecular weight excluding hydrogens is 281 g/mol. The van der Waals surface area contributed by atoms with Gasteiger partial charge in [-0.15, -0.1) is 0 Å². The molecule has 22 heavy (non-hydrogen) atoms. The van der Waals surface area contributed by atoms with Gasteiger partial charge in [-0.25, -0.2) is 0 Å². The summed E-state index contributed by atoms with van der Waals surface area (Å²) in [4.78, 5) is 11.5. The molecule has 2 N–H and O–H groups in total. The van der Waals surface area contributed by atoms with Gasteiger partial charge in [-0.3, -0.25) is 4.79 Å². The molecule has 120 valence electrons. The topological polar surface area (TPSA) is 70.8 Å². The normalized spacial score (nSPS) is 19.5. The number of ether oxygens (including phenoxy) is 1. The Morgan fingerprint density at radius 2 is 1.73 bits per heavy atom. The first-order valence-electron chi connectivity index (χ1n) is 7.49. The summed E-state index contributed by atoms with van der Waals surface area (Å²) in [5, 5.41) is 0. The van der Waals surface area contributed by atoms with Crippen LogP contribution < -0.4 is 15.9 Å². The molecule has 0 aliphatic carbocycles. The van der Waals surface area contributed by atoms with E-state index >= 15 is 0 Å². The van der Waals surface area contributed by atoms with Crippen LogP contribution >= 0.6 is 0 Å². The Balaban J connectivity index is 2.36. The maximum Gasteiger partial charge on any atom is 0.494 e. The van der Waals surface area contributed by atoms with Crippen molar-refractivity contribution in [1.29, 1.82) is 0 Å². The first-order chi connectivity index (χ1) is 10.0. The average molecular weight is 305 g/mol. The van der Waals surface area contributed by atoms with E-state index in [0.717, 1.165) is 5.46 Å². The van der Waals surface area contributed by atoms with Crippen LogP contribution in [-0.4, -0.2) is 30.3 Å². The van der Waals surface area contributed by atoms with Crippen molar-refractivity contribution in [2.24, 2.45) is 5.73 Å². The quantitative estimate of drug-likeness (QED) is 0.862. The van der Waals surface area contributed by atoms with Gasteiger partial charge in [-0.05, 0) is 59.1 Å². The van der Waals surface area contributed by atoms with E-state index in [9.17, 15) is 4.79 Å². The molecule has 0 saturated carbocycles. The number of primary amides is 1. The number of carbonyl (C=O) groups is 1. The van der Waals surface area contributed by atoms with Crippen molar-refractivity contribution in [2.45, 2.75) is 58.8 Å². The van der Waals surface area contributed by atoms with Crippen molar-refractivity contribution in [3.63, 3.8) is 0 Å². The highest BCUT2D eigenvalue weighted by atomic mass is 16.7. The zero-order valence-electron chi connectivity index (χ0n) is 14.1. The molecule has 1 amide bonds. The lowest BCUT2D eigenvalue weighted by Crippen LogP contribution is -2.41. The van der Waals surface area contributed by atoms with E-state index in [2.05, 4.69) is 0 Å². The molecule has 1 aliphatic heterocycles. The van der Waals surface area contributed by atoms with Gasteiger partial charge >= 0.3 is 7.12 Å². The molecule has 0 aromatic heterocycles. The van der Waals surface area contributed by atoms with E-state index < -0.39 is 24.2 Å². The summed E-state index contributed by atoms with van der Waals surface area (Å²) >= 11 is 0. The molecule has 0 unspecified atom stereocenters. The molecule has 1 aliphatic rings. The molecule has 0 spiro atoms. The summed E-state index contributed by atoms with van der Waals surface area (Å²) in [6.45, 7) is 11.8. The number of nitrogens with two attached hydrogens (primary N) is 1. The van der Waals surface area contributed by atoms with Crippen LogP contribution in [0.15, 0.2) is 18.2 Å². The number of hydrogen-bond donors (Lipinski definition) is 1. The summed E-state index contributed by atoms with van der Waals surface area (Å²) in [7, 11) is -0.499. The first-order valence-corrected chi connectivity index (χ1v) is 7.49. The summed E-state index contributed by atoms with van der Waals surface area (Å²) in [5.74, 6) is -0.0640. The number of amides is 1. The van der Waals surface area contributed by atoms with Crippen LogP contribution in [0.4, 0.5) is 0 Å². The van der Waals surface area contributed by atoms with Gasteiger partial charge in [-0.2, -0.15) is 0 Å². The van der Waals surface area contributed by atoms with Crippen LogP contribution in [0.1, 0.15) is 51.9 Å². The molecule has 6 heteroatoms. The smallest absolute Gasteiger partial charge is 0.490 e. The molecule has 1 aromatic carbocycles. The molecule has 1 fully saturated rings. The minimum Gasteiger partial charge on any atom is -0.490 e. The van der Waals surface area contributed by atoms with Gasteiger partial charge < -0.3 is 19.8 Å². The predicted molar refractivity (Wildman–Crippen MR) is 86.4 cm³/mol. The van der Waals surface area contributed by atoms with Crippen molar-refractivity contribution in [3.05, 3.63) is 23.8 Å². The van der Waals surface area contributed by atoms with E-state index in [1.807, 2.05) is 41.5 Å². The molecule has 0 atom stereocenters. The summed E-state index contributed by atoms with van der Waals surface area (Å²) < 4.78 is 17.7. The van der Waals surface area contributed by atoms with Gasteiger partial charge in [0.1, 0.15) is 5.75 Å². The maximum absolute atomic E-state index is 11.5. The Morgan fingerprint density at radius 1 is 1.18 bits per heavy atom. The second-order valence-electron chi connectivity index (χ2n) is 6.87. The summed E-state index contributed by atoms with van der Waals surface area (Å²) in [6, 6.07) is 5.21. The fourth-order valence-electron chi connectivity index (χ4n) is 2.22. The lowest BCUT2D eigenvalue weighted by Gasteiger charge is -2.32. The van der Waals surface area contributed by atoms with Crippen molar-refractivity contribution >= 4 is 18.5 Å². The van der Waals surface area contributed by atoms with Gasteiger partial charge in [0.05, 0.1) is 22.9 Å². The molecule has 5 nitrogen and oxygen atoms in total. The molecule has 1 saturated heterocycles. The molecule has 2 rings (SSSR count). The highest BCUT2D eigenvalue weighted by molar-refractivity contribution is 6.62. The van der Waals surface area contributed by atoms with Crippen LogP contribution in [0.5, 0.6) is 5.75 Å². The highest BCUT2D eigenvalue weighted by Crippen LogP contribution is 2.36. The van der Waals surface area contributed by atoms with Gasteiger partial charge in [-0.1, -0.05) is 6.07 Å². The van der Waals surface area contributed by atoms with Crippen LogP contribution in [-0.2, 0) is 9.31 Å². The molecular formula is C16H24BNO4. The van der Waals surface area contributed by atoms with Crippen LogP contribution in [0.3, 0.4) is 0 Å². The van der Waals surface area contributed by atoms with Crippen molar-refractivity contribution in [1.82, 2.24) is 0 Å². The fourth-order valence-corrected chi connectivity index (χ4v) is 2.22. The largest absolute Gasteiger partial charge is 0.494 e. The lowest BCUT2D eigenvalue weighted by atomic mass is 9.78.